The van der Waals surface area contributed by atoms with E-state index in [1.165, 1.54) is 5.56 Å². The summed E-state index contributed by atoms with van der Waals surface area (Å²) < 4.78 is 5.46. The predicted octanol–water partition coefficient (Wildman–Crippen LogP) is 2.49. The molecule has 1 N–H and O–H groups in total. The highest BCUT2D eigenvalue weighted by Crippen LogP contribution is 2.29. The minimum Gasteiger partial charge on any atom is -0.496 e. The van der Waals surface area contributed by atoms with Gasteiger partial charge < -0.3 is 15.0 Å². The molecule has 22 heavy (non-hydrogen) atoms. The third-order valence-electron chi connectivity index (χ3n) is 4.15. The number of nitrogens with zero attached hydrogens (tertiary/aromatic N) is 2. The van der Waals surface area contributed by atoms with Crippen LogP contribution in [0.1, 0.15) is 32.4 Å². The molecule has 1 saturated heterocycles. The van der Waals surface area contributed by atoms with Gasteiger partial charge in [0.2, 0.25) is 0 Å². The first-order valence-corrected chi connectivity index (χ1v) is 7.95. The highest BCUT2D eigenvalue weighted by atomic mass is 16.5. The van der Waals surface area contributed by atoms with Gasteiger partial charge in [-0.25, -0.2) is 4.79 Å². The van der Waals surface area contributed by atoms with E-state index in [0.29, 0.717) is 0 Å². The number of hydrogen-bond donors (Lipinski definition) is 1. The van der Waals surface area contributed by atoms with Crippen LogP contribution in [0, 0.1) is 0 Å². The molecule has 1 aromatic rings. The van der Waals surface area contributed by atoms with Gasteiger partial charge >= 0.3 is 6.03 Å². The van der Waals surface area contributed by atoms with Crippen LogP contribution in [0.2, 0.25) is 0 Å². The fraction of sp³-hybridized carbons (Fsp3) is 0.588. The number of urea groups is 1. The van der Waals surface area contributed by atoms with Crippen LogP contribution in [0.3, 0.4) is 0 Å². The number of nitrogens with one attached hydrogen (secondary N) is 1. The van der Waals surface area contributed by atoms with Crippen molar-refractivity contribution in [2.75, 3.05) is 33.3 Å². The van der Waals surface area contributed by atoms with Crippen molar-refractivity contribution < 1.29 is 9.53 Å². The quantitative estimate of drug-likeness (QED) is 0.929. The largest absolute Gasteiger partial charge is 0.496 e. The molecule has 2 rings (SSSR count). The average molecular weight is 305 g/mol. The number of ether oxygens (including phenoxy) is 1. The summed E-state index contributed by atoms with van der Waals surface area (Å²) in [6.07, 6.45) is 0. The summed E-state index contributed by atoms with van der Waals surface area (Å²) in [6.45, 7) is 9.45. The summed E-state index contributed by atoms with van der Waals surface area (Å²) in [6, 6.07) is 8.65. The molecular formula is C17H27N3O2. The van der Waals surface area contributed by atoms with Gasteiger partial charge in [-0.15, -0.1) is 0 Å². The van der Waals surface area contributed by atoms with Crippen LogP contribution >= 0.6 is 0 Å². The van der Waals surface area contributed by atoms with Gasteiger partial charge in [-0.3, -0.25) is 4.90 Å². The van der Waals surface area contributed by atoms with Crippen LogP contribution < -0.4 is 10.1 Å². The summed E-state index contributed by atoms with van der Waals surface area (Å²) in [5.41, 5.74) is 1.20. The van der Waals surface area contributed by atoms with Crippen molar-refractivity contribution in [2.24, 2.45) is 0 Å². The van der Waals surface area contributed by atoms with E-state index in [0.717, 1.165) is 31.9 Å². The predicted molar refractivity (Wildman–Crippen MR) is 88.2 cm³/mol. The first-order chi connectivity index (χ1) is 10.5. The Hall–Kier alpha value is -1.75. The fourth-order valence-electron chi connectivity index (χ4n) is 2.86. The van der Waals surface area contributed by atoms with Crippen molar-refractivity contribution in [3.63, 3.8) is 0 Å². The molecule has 1 aliphatic heterocycles. The van der Waals surface area contributed by atoms with Crippen molar-refractivity contribution in [1.29, 1.82) is 0 Å². The number of amides is 2. The lowest BCUT2D eigenvalue weighted by Gasteiger charge is -2.38. The molecule has 2 amide bonds. The number of carbonyl (C=O) groups is 1. The normalized spacial score (nSPS) is 17.4. The van der Waals surface area contributed by atoms with Crippen molar-refractivity contribution in [1.82, 2.24) is 15.1 Å². The zero-order chi connectivity index (χ0) is 16.1. The van der Waals surface area contributed by atoms with Gasteiger partial charge in [0.05, 0.1) is 7.11 Å². The van der Waals surface area contributed by atoms with Gasteiger partial charge in [0.25, 0.3) is 0 Å². The van der Waals surface area contributed by atoms with Crippen molar-refractivity contribution in [3.05, 3.63) is 29.8 Å². The molecule has 5 heteroatoms. The molecular weight excluding hydrogens is 278 g/mol. The topological polar surface area (TPSA) is 44.8 Å². The Balaban J connectivity index is 1.95. The molecule has 1 atom stereocenters. The van der Waals surface area contributed by atoms with E-state index in [-0.39, 0.29) is 18.1 Å². The van der Waals surface area contributed by atoms with Crippen molar-refractivity contribution >= 4 is 6.03 Å². The van der Waals surface area contributed by atoms with E-state index >= 15 is 0 Å². The minimum absolute atomic E-state index is 0.0413. The fourth-order valence-corrected chi connectivity index (χ4v) is 2.86. The molecule has 5 nitrogen and oxygen atoms in total. The number of benzene rings is 1. The summed E-state index contributed by atoms with van der Waals surface area (Å²) in [5, 5.41) is 2.95. The Labute approximate surface area is 133 Å². The molecule has 0 bridgehead atoms. The standard InChI is InChI=1S/C17H27N3O2/c1-13(2)18-17(21)20-11-9-19(10-12-20)14(3)15-7-5-6-8-16(15)22-4/h5-8,13-14H,9-12H2,1-4H3,(H,18,21)/t14-/m0/s1. The van der Waals surface area contributed by atoms with Crippen molar-refractivity contribution in [2.45, 2.75) is 32.9 Å². The number of hydrogen-bond acceptors (Lipinski definition) is 3. The number of piperazine rings is 1. The number of para-hydroxylation sites is 1. The minimum atomic E-state index is 0.0413. The Morgan fingerprint density at radius 2 is 1.77 bits per heavy atom. The molecule has 1 aliphatic rings. The summed E-state index contributed by atoms with van der Waals surface area (Å²) in [5.74, 6) is 0.926. The Kier molecular flexibility index (Phi) is 5.66. The third-order valence-corrected chi connectivity index (χ3v) is 4.15. The first kappa shape index (κ1) is 16.6. The summed E-state index contributed by atoms with van der Waals surface area (Å²) >= 11 is 0. The summed E-state index contributed by atoms with van der Waals surface area (Å²) in [4.78, 5) is 16.3. The highest BCUT2D eigenvalue weighted by Gasteiger charge is 2.26. The lowest BCUT2D eigenvalue weighted by Crippen LogP contribution is -2.53. The van der Waals surface area contributed by atoms with Gasteiger partial charge in [0.15, 0.2) is 0 Å². The molecule has 1 heterocycles. The molecule has 1 aromatic carbocycles. The Morgan fingerprint density at radius 1 is 1.14 bits per heavy atom. The van der Waals surface area contributed by atoms with Gasteiger partial charge in [-0.1, -0.05) is 18.2 Å². The smallest absolute Gasteiger partial charge is 0.317 e. The molecule has 0 aliphatic carbocycles. The third kappa shape index (κ3) is 3.91. The molecule has 0 saturated carbocycles. The van der Waals surface area contributed by atoms with Crippen LogP contribution in [0.4, 0.5) is 4.79 Å². The maximum Gasteiger partial charge on any atom is 0.317 e. The number of carbonyl (C=O) groups excluding carboxylic acids is 1. The Morgan fingerprint density at radius 3 is 2.36 bits per heavy atom. The maximum atomic E-state index is 12.0. The van der Waals surface area contributed by atoms with E-state index < -0.39 is 0 Å². The second-order valence-corrected chi connectivity index (χ2v) is 6.05. The first-order valence-electron chi connectivity index (χ1n) is 7.95. The zero-order valence-electron chi connectivity index (χ0n) is 14.0. The van der Waals surface area contributed by atoms with E-state index in [1.54, 1.807) is 7.11 Å². The van der Waals surface area contributed by atoms with Crippen LogP contribution in [0.15, 0.2) is 24.3 Å². The highest BCUT2D eigenvalue weighted by molar-refractivity contribution is 5.74. The molecule has 0 aromatic heterocycles. The lowest BCUT2D eigenvalue weighted by molar-refractivity contribution is 0.112. The van der Waals surface area contributed by atoms with E-state index in [2.05, 4.69) is 23.2 Å². The van der Waals surface area contributed by atoms with Gasteiger partial charge in [0, 0.05) is 43.8 Å². The molecule has 1 fully saturated rings. The van der Waals surface area contributed by atoms with Gasteiger partial charge in [-0.05, 0) is 26.8 Å². The van der Waals surface area contributed by atoms with Crippen LogP contribution in [0.5, 0.6) is 5.75 Å². The average Bonchev–Trinajstić information content (AvgIpc) is 2.53. The van der Waals surface area contributed by atoms with E-state index in [9.17, 15) is 4.79 Å². The lowest BCUT2D eigenvalue weighted by atomic mass is 10.0. The number of methoxy groups -OCH3 is 1. The monoisotopic (exact) mass is 305 g/mol. The second-order valence-electron chi connectivity index (χ2n) is 6.05. The molecule has 122 valence electrons. The van der Waals surface area contributed by atoms with Crippen LogP contribution in [-0.2, 0) is 0 Å². The van der Waals surface area contributed by atoms with Gasteiger partial charge in [-0.2, -0.15) is 0 Å². The van der Waals surface area contributed by atoms with Crippen molar-refractivity contribution in [3.8, 4) is 5.75 Å². The maximum absolute atomic E-state index is 12.0. The molecule has 0 radical (unpaired) electrons. The van der Waals surface area contributed by atoms with E-state index in [1.807, 2.05) is 36.9 Å². The SMILES string of the molecule is COc1ccccc1[C@H](C)N1CCN(C(=O)NC(C)C)CC1. The molecule has 0 spiro atoms. The van der Waals surface area contributed by atoms with Crippen LogP contribution in [-0.4, -0.2) is 55.2 Å². The van der Waals surface area contributed by atoms with Gasteiger partial charge in [0.1, 0.15) is 5.75 Å². The number of rotatable bonds is 4. The summed E-state index contributed by atoms with van der Waals surface area (Å²) in [7, 11) is 1.71. The van der Waals surface area contributed by atoms with Crippen LogP contribution in [0.25, 0.3) is 0 Å². The second kappa shape index (κ2) is 7.49. The Bertz CT molecular complexity index is 496. The molecule has 0 unspecified atom stereocenters. The van der Waals surface area contributed by atoms with E-state index in [4.69, 9.17) is 4.74 Å². The zero-order valence-corrected chi connectivity index (χ0v) is 14.0.